The molecule has 0 amide bonds. The van der Waals surface area contributed by atoms with Gasteiger partial charge in [-0.15, -0.1) is 0 Å². The van der Waals surface area contributed by atoms with Crippen molar-refractivity contribution < 1.29 is 0 Å². The number of rotatable bonds is 7. The smallest absolute Gasteiger partial charge is 0.228 e. The number of aromatic nitrogens is 3. The van der Waals surface area contributed by atoms with Gasteiger partial charge in [0.15, 0.2) is 0 Å². The highest BCUT2D eigenvalue weighted by molar-refractivity contribution is 6.28. The molecule has 18 heavy (non-hydrogen) atoms. The molecule has 1 heterocycles. The van der Waals surface area contributed by atoms with Crippen molar-refractivity contribution in [2.75, 3.05) is 37.3 Å². The summed E-state index contributed by atoms with van der Waals surface area (Å²) in [7, 11) is 2.14. The summed E-state index contributed by atoms with van der Waals surface area (Å²) in [4.78, 5) is 14.6. The van der Waals surface area contributed by atoms with Crippen molar-refractivity contribution in [3.8, 4) is 0 Å². The molecule has 1 aromatic rings. The maximum absolute atomic E-state index is 5.84. The minimum absolute atomic E-state index is 0.207. The average molecular weight is 271 g/mol. The number of hydrogen-bond acceptors (Lipinski definition) is 6. The van der Waals surface area contributed by atoms with Crippen molar-refractivity contribution in [1.29, 1.82) is 0 Å². The lowest BCUT2D eigenvalue weighted by Crippen LogP contribution is -2.27. The van der Waals surface area contributed by atoms with E-state index in [9.17, 15) is 0 Å². The van der Waals surface area contributed by atoms with E-state index < -0.39 is 0 Å². The van der Waals surface area contributed by atoms with E-state index >= 15 is 0 Å². The summed E-state index contributed by atoms with van der Waals surface area (Å²) >= 11 is 5.84. The molecule has 6 nitrogen and oxygen atoms in total. The Morgan fingerprint density at radius 1 is 1.22 bits per heavy atom. The zero-order valence-electron chi connectivity index (χ0n) is 10.8. The van der Waals surface area contributed by atoms with Gasteiger partial charge in [0, 0.05) is 25.7 Å². The summed E-state index contributed by atoms with van der Waals surface area (Å²) in [6.07, 6.45) is 2.64. The summed E-state index contributed by atoms with van der Waals surface area (Å²) in [5, 5.41) is 6.40. The van der Waals surface area contributed by atoms with Crippen LogP contribution in [0.5, 0.6) is 0 Å². The maximum Gasteiger partial charge on any atom is 0.228 e. The number of halogens is 1. The zero-order valence-corrected chi connectivity index (χ0v) is 11.5. The van der Waals surface area contributed by atoms with Crippen molar-refractivity contribution >= 4 is 23.5 Å². The predicted molar refractivity (Wildman–Crippen MR) is 73.1 cm³/mol. The molecule has 0 radical (unpaired) electrons. The molecule has 0 bridgehead atoms. The molecule has 1 aliphatic carbocycles. The maximum atomic E-state index is 5.84. The van der Waals surface area contributed by atoms with Gasteiger partial charge in [-0.2, -0.15) is 15.0 Å². The summed E-state index contributed by atoms with van der Waals surface area (Å²) in [6, 6.07) is 0.770. The Labute approximate surface area is 112 Å². The highest BCUT2D eigenvalue weighted by Gasteiger charge is 2.25. The van der Waals surface area contributed by atoms with Crippen molar-refractivity contribution in [3.05, 3.63) is 5.28 Å². The Morgan fingerprint density at radius 3 is 2.50 bits per heavy atom. The third kappa shape index (κ3) is 3.96. The number of hydrogen-bond donors (Lipinski definition) is 2. The second-order valence-corrected chi connectivity index (χ2v) is 4.76. The topological polar surface area (TPSA) is 66.0 Å². The van der Waals surface area contributed by atoms with Crippen LogP contribution in [0.25, 0.3) is 0 Å². The third-order valence-electron chi connectivity index (χ3n) is 2.86. The van der Waals surface area contributed by atoms with Gasteiger partial charge in [-0.3, -0.25) is 0 Å². The first-order valence-electron chi connectivity index (χ1n) is 6.28. The van der Waals surface area contributed by atoms with E-state index in [1.54, 1.807) is 0 Å². The van der Waals surface area contributed by atoms with E-state index in [1.165, 1.54) is 12.8 Å². The van der Waals surface area contributed by atoms with Crippen LogP contribution >= 0.6 is 11.6 Å². The van der Waals surface area contributed by atoms with Crippen LogP contribution in [0.15, 0.2) is 0 Å². The standard InChI is InChI=1S/C11H19ClN6/c1-3-13-10-15-9(12)16-11(17-10)14-6-7-18(2)8-4-5-8/h8H,3-7H2,1-2H3,(H2,13,14,15,16,17). The quantitative estimate of drug-likeness (QED) is 0.782. The van der Waals surface area contributed by atoms with E-state index in [0.717, 1.165) is 25.7 Å². The number of likely N-dealkylation sites (N-methyl/N-ethyl adjacent to an activating group) is 1. The molecule has 0 saturated heterocycles. The molecular formula is C11H19ClN6. The van der Waals surface area contributed by atoms with Crippen LogP contribution in [0, 0.1) is 0 Å². The predicted octanol–water partition coefficient (Wildman–Crippen LogP) is 1.46. The largest absolute Gasteiger partial charge is 0.354 e. The Balaban J connectivity index is 1.83. The van der Waals surface area contributed by atoms with Gasteiger partial charge in [-0.05, 0) is 38.4 Å². The Hall–Kier alpha value is -1.14. The summed E-state index contributed by atoms with van der Waals surface area (Å²) in [5.74, 6) is 1.03. The Kier molecular flexibility index (Phi) is 4.54. The third-order valence-corrected chi connectivity index (χ3v) is 3.03. The molecule has 2 N–H and O–H groups in total. The summed E-state index contributed by atoms with van der Waals surface area (Å²) in [5.41, 5.74) is 0. The molecule has 0 spiro atoms. The lowest BCUT2D eigenvalue weighted by molar-refractivity contribution is 0.337. The van der Waals surface area contributed by atoms with Crippen LogP contribution in [0.4, 0.5) is 11.9 Å². The van der Waals surface area contributed by atoms with Gasteiger partial charge < -0.3 is 15.5 Å². The Morgan fingerprint density at radius 2 is 1.89 bits per heavy atom. The van der Waals surface area contributed by atoms with Gasteiger partial charge in [0.1, 0.15) is 0 Å². The van der Waals surface area contributed by atoms with Crippen LogP contribution in [0.1, 0.15) is 19.8 Å². The molecule has 1 fully saturated rings. The number of anilines is 2. The molecule has 1 saturated carbocycles. The monoisotopic (exact) mass is 270 g/mol. The first-order valence-corrected chi connectivity index (χ1v) is 6.66. The van der Waals surface area contributed by atoms with E-state index in [0.29, 0.717) is 11.9 Å². The fraction of sp³-hybridized carbons (Fsp3) is 0.727. The fourth-order valence-electron chi connectivity index (χ4n) is 1.71. The first-order chi connectivity index (χ1) is 8.69. The van der Waals surface area contributed by atoms with E-state index in [1.807, 2.05) is 6.92 Å². The fourth-order valence-corrected chi connectivity index (χ4v) is 1.87. The first kappa shape index (κ1) is 13.3. The summed E-state index contributed by atoms with van der Waals surface area (Å²) < 4.78 is 0. The molecule has 0 aromatic carbocycles. The van der Waals surface area contributed by atoms with Gasteiger partial charge in [0.2, 0.25) is 17.2 Å². The van der Waals surface area contributed by atoms with Crippen LogP contribution in [0.3, 0.4) is 0 Å². The molecule has 1 aliphatic rings. The van der Waals surface area contributed by atoms with Gasteiger partial charge in [0.25, 0.3) is 0 Å². The van der Waals surface area contributed by atoms with Crippen molar-refractivity contribution in [1.82, 2.24) is 19.9 Å². The second kappa shape index (κ2) is 6.15. The van der Waals surface area contributed by atoms with Crippen molar-refractivity contribution in [2.45, 2.75) is 25.8 Å². The zero-order chi connectivity index (χ0) is 13.0. The van der Waals surface area contributed by atoms with Gasteiger partial charge in [0.05, 0.1) is 0 Å². The lowest BCUT2D eigenvalue weighted by atomic mass is 10.5. The van der Waals surface area contributed by atoms with Crippen LogP contribution in [0.2, 0.25) is 5.28 Å². The number of nitrogens with zero attached hydrogens (tertiary/aromatic N) is 4. The second-order valence-electron chi connectivity index (χ2n) is 4.42. The molecule has 0 unspecified atom stereocenters. The SMILES string of the molecule is CCNc1nc(Cl)nc(NCCN(C)C2CC2)n1. The molecular weight excluding hydrogens is 252 g/mol. The van der Waals surface area contributed by atoms with E-state index in [4.69, 9.17) is 11.6 Å². The van der Waals surface area contributed by atoms with Crippen LogP contribution in [-0.4, -0.2) is 52.6 Å². The summed E-state index contributed by atoms with van der Waals surface area (Å²) in [6.45, 7) is 4.52. The average Bonchev–Trinajstić information content (AvgIpc) is 3.12. The molecule has 100 valence electrons. The van der Waals surface area contributed by atoms with Gasteiger partial charge >= 0.3 is 0 Å². The van der Waals surface area contributed by atoms with Crippen LogP contribution in [-0.2, 0) is 0 Å². The molecule has 1 aromatic heterocycles. The highest BCUT2D eigenvalue weighted by atomic mass is 35.5. The van der Waals surface area contributed by atoms with E-state index in [2.05, 4.69) is 37.5 Å². The Bertz CT molecular complexity index is 395. The minimum atomic E-state index is 0.207. The lowest BCUT2D eigenvalue weighted by Gasteiger charge is -2.15. The molecule has 2 rings (SSSR count). The molecule has 0 aliphatic heterocycles. The van der Waals surface area contributed by atoms with Crippen molar-refractivity contribution in [3.63, 3.8) is 0 Å². The minimum Gasteiger partial charge on any atom is -0.354 e. The van der Waals surface area contributed by atoms with E-state index in [-0.39, 0.29) is 5.28 Å². The number of nitrogens with one attached hydrogen (secondary N) is 2. The van der Waals surface area contributed by atoms with Gasteiger partial charge in [-0.25, -0.2) is 0 Å². The van der Waals surface area contributed by atoms with Crippen molar-refractivity contribution in [2.24, 2.45) is 0 Å². The highest BCUT2D eigenvalue weighted by Crippen LogP contribution is 2.24. The molecule has 0 atom stereocenters. The van der Waals surface area contributed by atoms with Gasteiger partial charge in [-0.1, -0.05) is 0 Å². The normalized spacial score (nSPS) is 14.9. The van der Waals surface area contributed by atoms with Crippen LogP contribution < -0.4 is 10.6 Å². The molecule has 7 heteroatoms.